The molecule has 1 heterocycles. The highest BCUT2D eigenvalue weighted by atomic mass is 19.1. The Balaban J connectivity index is 1.88. The molecule has 0 saturated carbocycles. The summed E-state index contributed by atoms with van der Waals surface area (Å²) < 4.78 is 24.5. The summed E-state index contributed by atoms with van der Waals surface area (Å²) in [6.45, 7) is -0.229. The summed E-state index contributed by atoms with van der Waals surface area (Å²) >= 11 is 0. The number of fused-ring (bicyclic) bond motifs is 1. The van der Waals surface area contributed by atoms with Gasteiger partial charge in [0.25, 0.3) is 5.56 Å². The zero-order valence-electron chi connectivity index (χ0n) is 14.2. The summed E-state index contributed by atoms with van der Waals surface area (Å²) in [5.41, 5.74) is 0.484. The third-order valence-corrected chi connectivity index (χ3v) is 3.77. The van der Waals surface area contributed by atoms with Gasteiger partial charge in [-0.05, 0) is 30.3 Å². The van der Waals surface area contributed by atoms with Crippen LogP contribution in [0.25, 0.3) is 10.9 Å². The van der Waals surface area contributed by atoms with Gasteiger partial charge in [0, 0.05) is 11.8 Å². The molecule has 0 aliphatic heterocycles. The molecule has 0 bridgehead atoms. The van der Waals surface area contributed by atoms with Gasteiger partial charge in [0.15, 0.2) is 11.5 Å². The highest BCUT2D eigenvalue weighted by Crippen LogP contribution is 2.29. The van der Waals surface area contributed by atoms with Crippen LogP contribution >= 0.6 is 0 Å². The van der Waals surface area contributed by atoms with Gasteiger partial charge in [-0.15, -0.1) is 0 Å². The first-order chi connectivity index (χ1) is 12.5. The smallest absolute Gasteiger partial charge is 0.261 e. The summed E-state index contributed by atoms with van der Waals surface area (Å²) in [6.07, 6.45) is 1.29. The predicted molar refractivity (Wildman–Crippen MR) is 94.1 cm³/mol. The van der Waals surface area contributed by atoms with Crippen molar-refractivity contribution in [1.29, 1.82) is 0 Å². The van der Waals surface area contributed by atoms with Gasteiger partial charge in [0.1, 0.15) is 12.4 Å². The van der Waals surface area contributed by atoms with Crippen molar-refractivity contribution >= 4 is 22.5 Å². The topological polar surface area (TPSA) is 82.5 Å². The Morgan fingerprint density at radius 1 is 1.15 bits per heavy atom. The normalized spacial score (nSPS) is 10.6. The molecule has 1 amide bonds. The van der Waals surface area contributed by atoms with Gasteiger partial charge in [-0.3, -0.25) is 14.2 Å². The van der Waals surface area contributed by atoms with Gasteiger partial charge in [-0.25, -0.2) is 9.37 Å². The van der Waals surface area contributed by atoms with E-state index < -0.39 is 11.7 Å². The molecule has 3 rings (SSSR count). The van der Waals surface area contributed by atoms with E-state index in [4.69, 9.17) is 9.47 Å². The Kier molecular flexibility index (Phi) is 4.83. The highest BCUT2D eigenvalue weighted by Gasteiger charge is 2.13. The Hall–Kier alpha value is -3.42. The van der Waals surface area contributed by atoms with E-state index in [0.29, 0.717) is 28.1 Å². The minimum Gasteiger partial charge on any atom is -0.493 e. The van der Waals surface area contributed by atoms with Gasteiger partial charge < -0.3 is 14.8 Å². The molecular formula is C18H16FN3O4. The SMILES string of the molecule is COc1cc2ncn(CC(=O)Nc3ccc(F)cc3)c(=O)c2cc1OC. The van der Waals surface area contributed by atoms with E-state index in [9.17, 15) is 14.0 Å². The summed E-state index contributed by atoms with van der Waals surface area (Å²) in [4.78, 5) is 29.0. The van der Waals surface area contributed by atoms with Gasteiger partial charge in [0.2, 0.25) is 5.91 Å². The lowest BCUT2D eigenvalue weighted by atomic mass is 10.2. The molecule has 1 N–H and O–H groups in total. The average Bonchev–Trinajstić information content (AvgIpc) is 2.65. The Morgan fingerprint density at radius 2 is 1.81 bits per heavy atom. The summed E-state index contributed by atoms with van der Waals surface area (Å²) in [6, 6.07) is 8.46. The molecule has 0 radical (unpaired) electrons. The second kappa shape index (κ2) is 7.22. The van der Waals surface area contributed by atoms with Crippen LogP contribution < -0.4 is 20.3 Å². The maximum atomic E-state index is 12.9. The average molecular weight is 357 g/mol. The fourth-order valence-electron chi connectivity index (χ4n) is 2.49. The molecule has 0 atom stereocenters. The van der Waals surface area contributed by atoms with Crippen molar-refractivity contribution < 1.29 is 18.7 Å². The van der Waals surface area contributed by atoms with Crippen molar-refractivity contribution in [3.8, 4) is 11.5 Å². The number of methoxy groups -OCH3 is 2. The van der Waals surface area contributed by atoms with E-state index in [1.165, 1.54) is 55.4 Å². The molecular weight excluding hydrogens is 341 g/mol. The molecule has 0 spiro atoms. The summed E-state index contributed by atoms with van der Waals surface area (Å²) in [5, 5.41) is 2.90. The predicted octanol–water partition coefficient (Wildman–Crippen LogP) is 2.19. The monoisotopic (exact) mass is 357 g/mol. The molecule has 0 aliphatic rings. The number of benzene rings is 2. The quantitative estimate of drug-likeness (QED) is 0.757. The lowest BCUT2D eigenvalue weighted by Gasteiger charge is -2.11. The zero-order chi connectivity index (χ0) is 18.7. The number of hydrogen-bond donors (Lipinski definition) is 1. The molecule has 0 aliphatic carbocycles. The number of aromatic nitrogens is 2. The number of anilines is 1. The number of carbonyl (C=O) groups excluding carboxylic acids is 1. The minimum absolute atomic E-state index is 0.229. The Labute approximate surface area is 148 Å². The molecule has 3 aromatic rings. The molecule has 1 aromatic heterocycles. The second-order valence-electron chi connectivity index (χ2n) is 5.46. The third-order valence-electron chi connectivity index (χ3n) is 3.77. The van der Waals surface area contributed by atoms with Crippen LogP contribution in [0, 0.1) is 5.82 Å². The van der Waals surface area contributed by atoms with Crippen LogP contribution in [0.1, 0.15) is 0 Å². The van der Waals surface area contributed by atoms with Crippen LogP contribution in [0.2, 0.25) is 0 Å². The molecule has 8 heteroatoms. The van der Waals surface area contributed by atoms with Crippen LogP contribution in [0.4, 0.5) is 10.1 Å². The van der Waals surface area contributed by atoms with Gasteiger partial charge in [0.05, 0.1) is 31.4 Å². The minimum atomic E-state index is -0.430. The molecule has 2 aromatic carbocycles. The van der Waals surface area contributed by atoms with Crippen LogP contribution in [0.5, 0.6) is 11.5 Å². The van der Waals surface area contributed by atoms with Crippen molar-refractivity contribution in [3.05, 3.63) is 58.9 Å². The number of hydrogen-bond acceptors (Lipinski definition) is 5. The number of nitrogens with zero attached hydrogens (tertiary/aromatic N) is 2. The highest BCUT2D eigenvalue weighted by molar-refractivity contribution is 5.90. The standard InChI is InChI=1S/C18H16FN3O4/c1-25-15-7-13-14(8-16(15)26-2)20-10-22(18(13)24)9-17(23)21-12-5-3-11(19)4-6-12/h3-8,10H,9H2,1-2H3,(H,21,23). The zero-order valence-corrected chi connectivity index (χ0v) is 14.2. The number of carbonyl (C=O) groups is 1. The molecule has 26 heavy (non-hydrogen) atoms. The number of halogens is 1. The van der Waals surface area contributed by atoms with E-state index in [2.05, 4.69) is 10.3 Å². The van der Waals surface area contributed by atoms with Crippen LogP contribution in [0.3, 0.4) is 0 Å². The van der Waals surface area contributed by atoms with Gasteiger partial charge >= 0.3 is 0 Å². The molecule has 134 valence electrons. The summed E-state index contributed by atoms with van der Waals surface area (Å²) in [7, 11) is 2.96. The largest absolute Gasteiger partial charge is 0.493 e. The molecule has 0 saturated heterocycles. The van der Waals surface area contributed by atoms with Crippen molar-refractivity contribution in [3.63, 3.8) is 0 Å². The van der Waals surface area contributed by atoms with E-state index in [-0.39, 0.29) is 12.1 Å². The maximum absolute atomic E-state index is 12.9. The fourth-order valence-corrected chi connectivity index (χ4v) is 2.49. The second-order valence-corrected chi connectivity index (χ2v) is 5.46. The fraction of sp³-hybridized carbons (Fsp3) is 0.167. The van der Waals surface area contributed by atoms with E-state index in [1.54, 1.807) is 6.07 Å². The number of amides is 1. The van der Waals surface area contributed by atoms with Crippen LogP contribution in [0.15, 0.2) is 47.5 Å². The van der Waals surface area contributed by atoms with Gasteiger partial charge in [-0.1, -0.05) is 0 Å². The molecule has 0 unspecified atom stereocenters. The van der Waals surface area contributed by atoms with Crippen molar-refractivity contribution in [1.82, 2.24) is 9.55 Å². The summed E-state index contributed by atoms with van der Waals surface area (Å²) in [5.74, 6) is 0.0220. The first kappa shape index (κ1) is 17.4. The van der Waals surface area contributed by atoms with Crippen LogP contribution in [-0.4, -0.2) is 29.7 Å². The lowest BCUT2D eigenvalue weighted by Crippen LogP contribution is -2.28. The van der Waals surface area contributed by atoms with Crippen molar-refractivity contribution in [2.45, 2.75) is 6.54 Å². The van der Waals surface area contributed by atoms with E-state index >= 15 is 0 Å². The number of ether oxygens (including phenoxy) is 2. The van der Waals surface area contributed by atoms with Crippen LogP contribution in [-0.2, 0) is 11.3 Å². The maximum Gasteiger partial charge on any atom is 0.261 e. The van der Waals surface area contributed by atoms with E-state index in [0.717, 1.165) is 0 Å². The number of rotatable bonds is 5. The lowest BCUT2D eigenvalue weighted by molar-refractivity contribution is -0.116. The Bertz CT molecular complexity index is 1020. The van der Waals surface area contributed by atoms with Crippen molar-refractivity contribution in [2.24, 2.45) is 0 Å². The Morgan fingerprint density at radius 3 is 2.46 bits per heavy atom. The van der Waals surface area contributed by atoms with Gasteiger partial charge in [-0.2, -0.15) is 0 Å². The first-order valence-corrected chi connectivity index (χ1v) is 7.68. The number of nitrogens with one attached hydrogen (secondary N) is 1. The van der Waals surface area contributed by atoms with E-state index in [1.807, 2.05) is 0 Å². The van der Waals surface area contributed by atoms with Crippen molar-refractivity contribution in [2.75, 3.05) is 19.5 Å². The molecule has 7 nitrogen and oxygen atoms in total. The first-order valence-electron chi connectivity index (χ1n) is 7.68. The molecule has 0 fully saturated rings. The third kappa shape index (κ3) is 3.49.